The van der Waals surface area contributed by atoms with Gasteiger partial charge in [-0.25, -0.2) is 9.59 Å². The molecule has 9 nitrogen and oxygen atoms in total. The number of aliphatic hydroxyl groups excluding tert-OH is 1. The number of rotatable bonds is 7. The van der Waals surface area contributed by atoms with Crippen LogP contribution in [0, 0.1) is 6.92 Å². The number of carbonyl (C=O) groups is 2. The Morgan fingerprint density at radius 3 is 2.54 bits per heavy atom. The lowest BCUT2D eigenvalue weighted by atomic mass is 9.76. The lowest BCUT2D eigenvalue weighted by molar-refractivity contribution is -0.309. The molecule has 0 saturated carbocycles. The minimum atomic E-state index is -2.63. The molecule has 3 aromatic rings. The summed E-state index contributed by atoms with van der Waals surface area (Å²) in [5.74, 6) is -2.33. The van der Waals surface area contributed by atoms with Gasteiger partial charge in [-0.05, 0) is 42.5 Å². The first-order chi connectivity index (χ1) is 16.7. The number of ether oxygens (including phenoxy) is 2. The Labute approximate surface area is 202 Å². The molecule has 0 amide bonds. The number of hydrogen-bond donors (Lipinski definition) is 2. The smallest absolute Gasteiger partial charge is 0.364 e. The standard InChI is InChI=1S/C26H27NO8/c1-16-7-12-20-18(15-16)5-4-6-22(20)33-14-13-21(17-8-10-19(32-3)11-9-17)26(31)23(28)24(29)34-27(2)35-25(26)30/h4-12,15,21,23,28,31H,13-14H2,1-3H3. The van der Waals surface area contributed by atoms with Gasteiger partial charge in [0.2, 0.25) is 5.60 Å². The van der Waals surface area contributed by atoms with Crippen LogP contribution in [0.5, 0.6) is 11.5 Å². The fraction of sp³-hybridized carbons (Fsp3) is 0.308. The number of hydrogen-bond acceptors (Lipinski definition) is 9. The average molecular weight is 482 g/mol. The molecule has 184 valence electrons. The minimum absolute atomic E-state index is 0.0637. The molecule has 0 aliphatic carbocycles. The maximum absolute atomic E-state index is 12.9. The zero-order valence-corrected chi connectivity index (χ0v) is 19.6. The summed E-state index contributed by atoms with van der Waals surface area (Å²) in [6, 6.07) is 18.3. The molecule has 4 rings (SSSR count). The van der Waals surface area contributed by atoms with Crippen molar-refractivity contribution < 1.29 is 39.0 Å². The van der Waals surface area contributed by atoms with Gasteiger partial charge < -0.3 is 29.4 Å². The second-order valence-electron chi connectivity index (χ2n) is 8.40. The molecule has 2 N–H and O–H groups in total. The van der Waals surface area contributed by atoms with Crippen molar-refractivity contribution in [2.75, 3.05) is 20.8 Å². The number of fused-ring (bicyclic) bond motifs is 1. The first-order valence-electron chi connectivity index (χ1n) is 11.1. The number of hydroxylamine groups is 2. The van der Waals surface area contributed by atoms with E-state index in [9.17, 15) is 19.8 Å². The third-order valence-electron chi connectivity index (χ3n) is 6.11. The van der Waals surface area contributed by atoms with Crippen molar-refractivity contribution in [2.45, 2.75) is 31.0 Å². The highest BCUT2D eigenvalue weighted by molar-refractivity contribution is 5.91. The maximum Gasteiger partial charge on any atom is 0.364 e. The van der Waals surface area contributed by atoms with Crippen LogP contribution in [-0.2, 0) is 19.3 Å². The largest absolute Gasteiger partial charge is 0.497 e. The molecular weight excluding hydrogens is 454 g/mol. The van der Waals surface area contributed by atoms with E-state index in [0.717, 1.165) is 16.3 Å². The van der Waals surface area contributed by atoms with Crippen molar-refractivity contribution in [1.29, 1.82) is 0 Å². The summed E-state index contributed by atoms with van der Waals surface area (Å²) >= 11 is 0. The van der Waals surface area contributed by atoms with Crippen LogP contribution >= 0.6 is 0 Å². The highest BCUT2D eigenvalue weighted by Gasteiger charge is 2.58. The Balaban J connectivity index is 1.66. The SMILES string of the molecule is COc1ccc(C(CCOc2cccc3cc(C)ccc23)C2(O)C(=O)ON(C)OC(=O)C2O)cc1. The van der Waals surface area contributed by atoms with Crippen molar-refractivity contribution in [1.82, 2.24) is 5.23 Å². The van der Waals surface area contributed by atoms with Crippen molar-refractivity contribution in [3.8, 4) is 11.5 Å². The topological polar surface area (TPSA) is 115 Å². The van der Waals surface area contributed by atoms with Crippen LogP contribution in [0.15, 0.2) is 60.7 Å². The van der Waals surface area contributed by atoms with Crippen LogP contribution in [-0.4, -0.2) is 59.8 Å². The van der Waals surface area contributed by atoms with E-state index < -0.39 is 29.6 Å². The van der Waals surface area contributed by atoms with E-state index >= 15 is 0 Å². The van der Waals surface area contributed by atoms with E-state index in [4.69, 9.17) is 19.1 Å². The van der Waals surface area contributed by atoms with Crippen molar-refractivity contribution in [3.05, 3.63) is 71.8 Å². The van der Waals surface area contributed by atoms with Crippen molar-refractivity contribution in [3.63, 3.8) is 0 Å². The Kier molecular flexibility index (Phi) is 6.93. The fourth-order valence-corrected chi connectivity index (χ4v) is 4.27. The van der Waals surface area contributed by atoms with Crippen LogP contribution in [0.4, 0.5) is 0 Å². The zero-order chi connectivity index (χ0) is 25.2. The quantitative estimate of drug-likeness (QED) is 0.526. The molecule has 3 aromatic carbocycles. The molecule has 3 unspecified atom stereocenters. The lowest BCUT2D eigenvalue weighted by Gasteiger charge is -2.34. The second-order valence-corrected chi connectivity index (χ2v) is 8.40. The molecule has 1 fully saturated rings. The first kappa shape index (κ1) is 24.5. The molecular formula is C26H27NO8. The first-order valence-corrected chi connectivity index (χ1v) is 11.1. The predicted molar refractivity (Wildman–Crippen MR) is 125 cm³/mol. The molecule has 1 aliphatic rings. The number of carbonyl (C=O) groups excluding carboxylic acids is 2. The Bertz CT molecular complexity index is 1230. The van der Waals surface area contributed by atoms with Crippen LogP contribution in [0.2, 0.25) is 0 Å². The van der Waals surface area contributed by atoms with Gasteiger partial charge in [0.05, 0.1) is 20.8 Å². The number of nitrogens with zero attached hydrogens (tertiary/aromatic N) is 1. The number of methoxy groups -OCH3 is 1. The summed E-state index contributed by atoms with van der Waals surface area (Å²) in [6.07, 6.45) is -2.12. The van der Waals surface area contributed by atoms with E-state index in [1.54, 1.807) is 24.3 Å². The molecule has 1 heterocycles. The van der Waals surface area contributed by atoms with Gasteiger partial charge in [0.15, 0.2) is 6.10 Å². The summed E-state index contributed by atoms with van der Waals surface area (Å²) in [5.41, 5.74) is -1.04. The molecule has 1 aliphatic heterocycles. The molecule has 0 bridgehead atoms. The number of benzene rings is 3. The average Bonchev–Trinajstić information content (AvgIpc) is 2.91. The van der Waals surface area contributed by atoms with Gasteiger partial charge in [-0.3, -0.25) is 0 Å². The number of aliphatic hydroxyl groups is 2. The normalized spacial score (nSPS) is 21.7. The van der Waals surface area contributed by atoms with Crippen molar-refractivity contribution in [2.24, 2.45) is 0 Å². The third kappa shape index (κ3) is 4.79. The van der Waals surface area contributed by atoms with Crippen LogP contribution in [0.1, 0.15) is 23.5 Å². The van der Waals surface area contributed by atoms with E-state index in [0.29, 0.717) is 22.3 Å². The minimum Gasteiger partial charge on any atom is -0.497 e. The van der Waals surface area contributed by atoms with Crippen LogP contribution < -0.4 is 9.47 Å². The van der Waals surface area contributed by atoms with E-state index in [1.807, 2.05) is 43.3 Å². The predicted octanol–water partition coefficient (Wildman–Crippen LogP) is 2.66. The Hall–Kier alpha value is -3.66. The van der Waals surface area contributed by atoms with E-state index in [2.05, 4.69) is 0 Å². The molecule has 3 atom stereocenters. The summed E-state index contributed by atoms with van der Waals surface area (Å²) in [4.78, 5) is 34.9. The maximum atomic E-state index is 12.9. The van der Waals surface area contributed by atoms with Crippen LogP contribution in [0.25, 0.3) is 10.8 Å². The van der Waals surface area contributed by atoms with Gasteiger partial charge in [-0.2, -0.15) is 0 Å². The highest BCUT2D eigenvalue weighted by atomic mass is 17.0. The Morgan fingerprint density at radius 2 is 1.83 bits per heavy atom. The molecule has 1 saturated heterocycles. The molecule has 9 heteroatoms. The van der Waals surface area contributed by atoms with E-state index in [1.165, 1.54) is 14.2 Å². The number of aryl methyl sites for hydroxylation is 1. The summed E-state index contributed by atoms with van der Waals surface area (Å²) in [6.45, 7) is 2.07. The van der Waals surface area contributed by atoms with E-state index in [-0.39, 0.29) is 13.0 Å². The summed E-state index contributed by atoms with van der Waals surface area (Å²) < 4.78 is 11.2. The van der Waals surface area contributed by atoms with Gasteiger partial charge in [-0.1, -0.05) is 48.0 Å². The third-order valence-corrected chi connectivity index (χ3v) is 6.11. The molecule has 35 heavy (non-hydrogen) atoms. The zero-order valence-electron chi connectivity index (χ0n) is 19.6. The van der Waals surface area contributed by atoms with Gasteiger partial charge in [-0.15, -0.1) is 0 Å². The van der Waals surface area contributed by atoms with Crippen molar-refractivity contribution >= 4 is 22.7 Å². The summed E-state index contributed by atoms with van der Waals surface area (Å²) in [5, 5.41) is 24.6. The molecule has 0 spiro atoms. The van der Waals surface area contributed by atoms with Gasteiger partial charge >= 0.3 is 11.9 Å². The van der Waals surface area contributed by atoms with Gasteiger partial charge in [0, 0.05) is 16.5 Å². The van der Waals surface area contributed by atoms with Gasteiger partial charge in [0.25, 0.3) is 0 Å². The summed E-state index contributed by atoms with van der Waals surface area (Å²) in [7, 11) is 2.68. The monoisotopic (exact) mass is 481 g/mol. The lowest BCUT2D eigenvalue weighted by Crippen LogP contribution is -2.56. The molecule has 0 aromatic heterocycles. The van der Waals surface area contributed by atoms with Gasteiger partial charge in [0.1, 0.15) is 11.5 Å². The fourth-order valence-electron chi connectivity index (χ4n) is 4.27. The second kappa shape index (κ2) is 9.91. The molecule has 0 radical (unpaired) electrons. The Morgan fingerprint density at radius 1 is 1.09 bits per heavy atom. The highest BCUT2D eigenvalue weighted by Crippen LogP contribution is 2.38. The van der Waals surface area contributed by atoms with Crippen LogP contribution in [0.3, 0.4) is 0 Å².